The van der Waals surface area contributed by atoms with E-state index in [1.165, 1.54) is 0 Å². The third-order valence-electron chi connectivity index (χ3n) is 8.38. The lowest BCUT2D eigenvalue weighted by Gasteiger charge is -2.45. The van der Waals surface area contributed by atoms with Crippen LogP contribution in [0.5, 0.6) is 5.95 Å². The van der Waals surface area contributed by atoms with Crippen molar-refractivity contribution < 1.29 is 9.15 Å². The SMILES string of the molecule is CC1(C)Oc2oc3c(ccc4ccccc43)c(=O)c2[C@H]2c3c(-c4ccccc4)nn(-c4ccccc4)c3SC[C@H]21. The summed E-state index contributed by atoms with van der Waals surface area (Å²) in [5.74, 6) is 0.944. The molecule has 196 valence electrons. The van der Waals surface area contributed by atoms with Gasteiger partial charge in [0.05, 0.1) is 22.3 Å². The summed E-state index contributed by atoms with van der Waals surface area (Å²) in [6.45, 7) is 4.21. The number of benzene rings is 4. The minimum Gasteiger partial charge on any atom is -0.458 e. The van der Waals surface area contributed by atoms with Gasteiger partial charge < -0.3 is 9.15 Å². The molecule has 6 aromatic rings. The summed E-state index contributed by atoms with van der Waals surface area (Å²) in [7, 11) is 0. The van der Waals surface area contributed by atoms with Gasteiger partial charge in [-0.3, -0.25) is 4.79 Å². The molecular formula is C34H26N2O3S. The molecule has 2 atom stereocenters. The van der Waals surface area contributed by atoms with Crippen molar-refractivity contribution in [3.63, 3.8) is 0 Å². The smallest absolute Gasteiger partial charge is 0.293 e. The van der Waals surface area contributed by atoms with E-state index in [1.54, 1.807) is 11.8 Å². The Hall–Kier alpha value is -4.29. The Labute approximate surface area is 235 Å². The van der Waals surface area contributed by atoms with E-state index in [-0.39, 0.29) is 17.3 Å². The Balaban J connectivity index is 1.46. The molecule has 0 spiro atoms. The summed E-state index contributed by atoms with van der Waals surface area (Å²) in [4.78, 5) is 14.4. The largest absolute Gasteiger partial charge is 0.458 e. The average Bonchev–Trinajstić information content (AvgIpc) is 3.38. The summed E-state index contributed by atoms with van der Waals surface area (Å²) in [5, 5.41) is 8.78. The van der Waals surface area contributed by atoms with Gasteiger partial charge in [-0.1, -0.05) is 78.9 Å². The van der Waals surface area contributed by atoms with Crippen LogP contribution in [-0.2, 0) is 0 Å². The molecule has 2 aliphatic heterocycles. The lowest BCUT2D eigenvalue weighted by Crippen LogP contribution is -2.49. The number of ether oxygens (including phenoxy) is 1. The van der Waals surface area contributed by atoms with Crippen molar-refractivity contribution in [2.75, 3.05) is 5.75 Å². The van der Waals surface area contributed by atoms with Gasteiger partial charge in [-0.05, 0) is 37.4 Å². The van der Waals surface area contributed by atoms with Crippen LogP contribution in [0.25, 0.3) is 38.7 Å². The topological polar surface area (TPSA) is 57.3 Å². The van der Waals surface area contributed by atoms with E-state index in [2.05, 4.69) is 38.1 Å². The average molecular weight is 543 g/mol. The molecule has 0 saturated carbocycles. The van der Waals surface area contributed by atoms with E-state index < -0.39 is 5.60 Å². The molecule has 2 aromatic heterocycles. The quantitative estimate of drug-likeness (QED) is 0.209. The number of hydrogen-bond donors (Lipinski definition) is 0. The maximum absolute atomic E-state index is 14.4. The summed E-state index contributed by atoms with van der Waals surface area (Å²) in [5.41, 5.74) is 4.57. The number of rotatable bonds is 2. The Morgan fingerprint density at radius 3 is 2.38 bits per heavy atom. The Kier molecular flexibility index (Phi) is 5.07. The molecule has 4 heterocycles. The van der Waals surface area contributed by atoms with Gasteiger partial charge in [0.2, 0.25) is 5.43 Å². The van der Waals surface area contributed by atoms with Gasteiger partial charge in [-0.15, -0.1) is 11.8 Å². The zero-order chi connectivity index (χ0) is 27.0. The first-order valence-corrected chi connectivity index (χ1v) is 14.5. The standard InChI is InChI=1S/C34H26N2O3S/c1-34(2)25-19-40-32-27(29(21-12-5-3-6-13-21)35-36(32)22-14-7-4-8-15-22)26(25)28-30(37)24-18-17-20-11-9-10-16-23(20)31(24)38-33(28)39-34/h3-18,25-26H,19H2,1-2H3/t25-,26-/m1/s1. The number of hydrogen-bond acceptors (Lipinski definition) is 5. The highest BCUT2D eigenvalue weighted by molar-refractivity contribution is 7.99. The molecule has 0 N–H and O–H groups in total. The van der Waals surface area contributed by atoms with E-state index in [1.807, 2.05) is 77.5 Å². The van der Waals surface area contributed by atoms with E-state index >= 15 is 0 Å². The number of nitrogens with zero attached hydrogens (tertiary/aromatic N) is 2. The summed E-state index contributed by atoms with van der Waals surface area (Å²) in [6, 6.07) is 32.4. The second-order valence-corrected chi connectivity index (χ2v) is 12.1. The van der Waals surface area contributed by atoms with Crippen LogP contribution < -0.4 is 10.2 Å². The van der Waals surface area contributed by atoms with Crippen molar-refractivity contribution in [2.24, 2.45) is 5.92 Å². The highest BCUT2D eigenvalue weighted by atomic mass is 32.2. The molecular weight excluding hydrogens is 516 g/mol. The van der Waals surface area contributed by atoms with Crippen LogP contribution in [0.3, 0.4) is 0 Å². The number of fused-ring (bicyclic) bond motifs is 8. The molecule has 0 bridgehead atoms. The van der Waals surface area contributed by atoms with Crippen LogP contribution in [0.2, 0.25) is 0 Å². The van der Waals surface area contributed by atoms with Gasteiger partial charge in [0, 0.05) is 34.1 Å². The van der Waals surface area contributed by atoms with E-state index in [0.29, 0.717) is 22.5 Å². The normalized spacial score (nSPS) is 19.1. The summed E-state index contributed by atoms with van der Waals surface area (Å²) < 4.78 is 15.2. The van der Waals surface area contributed by atoms with Crippen LogP contribution in [0.4, 0.5) is 0 Å². The van der Waals surface area contributed by atoms with Crippen LogP contribution in [0.1, 0.15) is 30.9 Å². The van der Waals surface area contributed by atoms with Gasteiger partial charge in [0.25, 0.3) is 5.95 Å². The molecule has 0 unspecified atom stereocenters. The fraction of sp³-hybridized carbons (Fsp3) is 0.176. The Morgan fingerprint density at radius 1 is 0.850 bits per heavy atom. The first kappa shape index (κ1) is 23.6. The maximum Gasteiger partial charge on any atom is 0.293 e. The van der Waals surface area contributed by atoms with Gasteiger partial charge in [0.15, 0.2) is 0 Å². The zero-order valence-electron chi connectivity index (χ0n) is 22.1. The molecule has 2 aliphatic rings. The fourth-order valence-electron chi connectivity index (χ4n) is 6.38. The Morgan fingerprint density at radius 2 is 1.57 bits per heavy atom. The number of thioether (sulfide) groups is 1. The first-order valence-electron chi connectivity index (χ1n) is 13.6. The van der Waals surface area contributed by atoms with Crippen LogP contribution in [0.15, 0.2) is 111 Å². The van der Waals surface area contributed by atoms with E-state index in [0.717, 1.165) is 44.1 Å². The molecule has 0 saturated heterocycles. The zero-order valence-corrected chi connectivity index (χ0v) is 22.9. The van der Waals surface area contributed by atoms with Gasteiger partial charge in [-0.25, -0.2) is 4.68 Å². The van der Waals surface area contributed by atoms with Gasteiger partial charge in [0.1, 0.15) is 16.2 Å². The van der Waals surface area contributed by atoms with E-state index in [9.17, 15) is 4.79 Å². The summed E-state index contributed by atoms with van der Waals surface area (Å²) in [6.07, 6.45) is 0. The van der Waals surface area contributed by atoms with Crippen LogP contribution >= 0.6 is 11.8 Å². The van der Waals surface area contributed by atoms with E-state index in [4.69, 9.17) is 14.3 Å². The highest BCUT2D eigenvalue weighted by Crippen LogP contribution is 2.56. The molecule has 0 radical (unpaired) electrons. The Bertz CT molecular complexity index is 1990. The number of aromatic nitrogens is 2. The van der Waals surface area contributed by atoms with Crippen molar-refractivity contribution in [3.05, 3.63) is 118 Å². The fourth-order valence-corrected chi connectivity index (χ4v) is 7.96. The van der Waals surface area contributed by atoms with Crippen LogP contribution in [-0.4, -0.2) is 21.1 Å². The molecule has 6 heteroatoms. The third kappa shape index (κ3) is 3.35. The van der Waals surface area contributed by atoms with Crippen molar-refractivity contribution in [1.82, 2.24) is 9.78 Å². The number of para-hydroxylation sites is 1. The molecule has 8 rings (SSSR count). The lowest BCUT2D eigenvalue weighted by molar-refractivity contribution is 0.00250. The third-order valence-corrected chi connectivity index (χ3v) is 9.57. The van der Waals surface area contributed by atoms with Gasteiger partial charge >= 0.3 is 0 Å². The second-order valence-electron chi connectivity index (χ2n) is 11.1. The minimum atomic E-state index is -0.556. The molecule has 0 fully saturated rings. The van der Waals surface area contributed by atoms with Gasteiger partial charge in [-0.2, -0.15) is 5.10 Å². The lowest BCUT2D eigenvalue weighted by atomic mass is 9.71. The van der Waals surface area contributed by atoms with Crippen molar-refractivity contribution >= 4 is 33.5 Å². The second kappa shape index (κ2) is 8.60. The van der Waals surface area contributed by atoms with Crippen LogP contribution in [0, 0.1) is 5.92 Å². The molecule has 0 amide bonds. The molecule has 4 aromatic carbocycles. The molecule has 0 aliphatic carbocycles. The summed E-state index contributed by atoms with van der Waals surface area (Å²) >= 11 is 1.79. The predicted molar refractivity (Wildman–Crippen MR) is 160 cm³/mol. The van der Waals surface area contributed by atoms with Crippen molar-refractivity contribution in [2.45, 2.75) is 30.4 Å². The molecule has 40 heavy (non-hydrogen) atoms. The monoisotopic (exact) mass is 542 g/mol. The molecule has 5 nitrogen and oxygen atoms in total. The highest BCUT2D eigenvalue weighted by Gasteiger charge is 2.52. The minimum absolute atomic E-state index is 0.0307. The van der Waals surface area contributed by atoms with Crippen molar-refractivity contribution in [3.8, 4) is 22.9 Å². The first-order chi connectivity index (χ1) is 19.5. The maximum atomic E-state index is 14.4. The van der Waals surface area contributed by atoms with Crippen molar-refractivity contribution in [1.29, 1.82) is 0 Å². The predicted octanol–water partition coefficient (Wildman–Crippen LogP) is 7.82.